The molecule has 1 amide bonds. The molecule has 1 aliphatic heterocycles. The van der Waals surface area contributed by atoms with Crippen molar-refractivity contribution in [1.29, 1.82) is 0 Å². The molecule has 5 heteroatoms. The zero-order valence-electron chi connectivity index (χ0n) is 9.32. The summed E-state index contributed by atoms with van der Waals surface area (Å²) in [7, 11) is 0. The lowest BCUT2D eigenvalue weighted by atomic mass is 10.1. The van der Waals surface area contributed by atoms with Gasteiger partial charge in [0.1, 0.15) is 5.75 Å². The lowest BCUT2D eigenvalue weighted by molar-refractivity contribution is -0.119. The summed E-state index contributed by atoms with van der Waals surface area (Å²) in [5, 5.41) is 0. The van der Waals surface area contributed by atoms with Gasteiger partial charge in [0.05, 0.1) is 0 Å². The van der Waals surface area contributed by atoms with Crippen molar-refractivity contribution < 1.29 is 14.1 Å². The number of hydrogen-bond donors (Lipinski definition) is 1. The number of nitrogens with two attached hydrogens (primary N) is 1. The highest BCUT2D eigenvalue weighted by Gasteiger charge is 2.38. The van der Waals surface area contributed by atoms with Crippen LogP contribution in [0.5, 0.6) is 0 Å². The summed E-state index contributed by atoms with van der Waals surface area (Å²) >= 11 is -1.19. The van der Waals surface area contributed by atoms with Gasteiger partial charge in [0.15, 0.2) is 4.75 Å². The molecule has 2 N–H and O–H groups in total. The Labute approximate surface area is 93.7 Å². The van der Waals surface area contributed by atoms with Crippen LogP contribution in [0.4, 0.5) is 0 Å². The third-order valence-electron chi connectivity index (χ3n) is 2.90. The lowest BCUT2D eigenvalue weighted by Crippen LogP contribution is -2.46. The Hall–Kier alpha value is -0.260. The number of amides is 1. The van der Waals surface area contributed by atoms with Crippen molar-refractivity contribution in [3.8, 4) is 0 Å². The summed E-state index contributed by atoms with van der Waals surface area (Å²) in [4.78, 5) is 11.1. The Morgan fingerprint density at radius 1 is 1.67 bits per heavy atom. The number of rotatable bonds is 5. The molecule has 0 aromatic carbocycles. The van der Waals surface area contributed by atoms with Crippen LogP contribution in [0.2, 0.25) is 0 Å². The van der Waals surface area contributed by atoms with E-state index < -0.39 is 21.8 Å². The minimum absolute atomic E-state index is 0.497. The molecule has 1 heterocycles. The third kappa shape index (κ3) is 3.36. The molecule has 0 aliphatic carbocycles. The van der Waals surface area contributed by atoms with Gasteiger partial charge in [-0.15, -0.1) is 0 Å². The van der Waals surface area contributed by atoms with Crippen LogP contribution in [-0.2, 0) is 20.7 Å². The normalized spacial score (nSPS) is 24.1. The summed E-state index contributed by atoms with van der Waals surface area (Å²) < 4.78 is 16.1. The summed E-state index contributed by atoms with van der Waals surface area (Å²) in [5.41, 5.74) is 5.20. The predicted molar refractivity (Wildman–Crippen MR) is 59.8 cm³/mol. The molecule has 1 aliphatic rings. The average molecular weight is 233 g/mol. The van der Waals surface area contributed by atoms with Crippen LogP contribution in [0.15, 0.2) is 0 Å². The highest BCUT2D eigenvalue weighted by molar-refractivity contribution is 7.93. The molecule has 88 valence electrons. The van der Waals surface area contributed by atoms with Crippen molar-refractivity contribution in [3.63, 3.8) is 0 Å². The molecule has 15 heavy (non-hydrogen) atoms. The van der Waals surface area contributed by atoms with Crippen molar-refractivity contribution in [3.05, 3.63) is 0 Å². The fraction of sp³-hybridized carbons (Fsp3) is 0.900. The highest BCUT2D eigenvalue weighted by atomic mass is 32.2. The van der Waals surface area contributed by atoms with E-state index in [4.69, 9.17) is 10.5 Å². The minimum atomic E-state index is -1.19. The molecule has 4 nitrogen and oxygen atoms in total. The van der Waals surface area contributed by atoms with Gasteiger partial charge >= 0.3 is 0 Å². The van der Waals surface area contributed by atoms with Crippen LogP contribution in [0.25, 0.3) is 0 Å². The largest absolute Gasteiger partial charge is 0.616 e. The fourth-order valence-corrected chi connectivity index (χ4v) is 2.73. The van der Waals surface area contributed by atoms with Crippen molar-refractivity contribution in [2.75, 3.05) is 19.0 Å². The van der Waals surface area contributed by atoms with E-state index in [1.807, 2.05) is 0 Å². The quantitative estimate of drug-likeness (QED) is 0.699. The van der Waals surface area contributed by atoms with Gasteiger partial charge in [-0.1, -0.05) is 0 Å². The summed E-state index contributed by atoms with van der Waals surface area (Å²) in [6.45, 7) is 4.83. The van der Waals surface area contributed by atoms with E-state index in [2.05, 4.69) is 0 Å². The predicted octanol–water partition coefficient (Wildman–Crippen LogP) is 0.426. The van der Waals surface area contributed by atoms with Gasteiger partial charge in [0, 0.05) is 13.2 Å². The molecule has 1 rings (SSSR count). The van der Waals surface area contributed by atoms with Crippen molar-refractivity contribution in [2.45, 2.75) is 31.4 Å². The second-order valence-electron chi connectivity index (χ2n) is 4.44. The molecule has 0 bridgehead atoms. The number of ether oxygens (including phenoxy) is 1. The van der Waals surface area contributed by atoms with Crippen LogP contribution >= 0.6 is 0 Å². The average Bonchev–Trinajstić information content (AvgIpc) is 2.66. The number of hydrogen-bond acceptors (Lipinski definition) is 3. The zero-order valence-corrected chi connectivity index (χ0v) is 10.1. The molecular formula is C10H19NO3S. The van der Waals surface area contributed by atoms with E-state index in [1.165, 1.54) is 0 Å². The second-order valence-corrected chi connectivity index (χ2v) is 6.56. The number of primary amides is 1. The number of carbonyl (C=O) groups excluding carboxylic acids is 1. The van der Waals surface area contributed by atoms with E-state index in [-0.39, 0.29) is 0 Å². The van der Waals surface area contributed by atoms with Crippen LogP contribution in [-0.4, -0.2) is 34.2 Å². The first-order valence-electron chi connectivity index (χ1n) is 5.20. The maximum Gasteiger partial charge on any atom is 0.273 e. The highest BCUT2D eigenvalue weighted by Crippen LogP contribution is 2.22. The summed E-state index contributed by atoms with van der Waals surface area (Å²) in [6.07, 6.45) is 1.89. The molecule has 0 radical (unpaired) electrons. The Morgan fingerprint density at radius 3 is 2.80 bits per heavy atom. The van der Waals surface area contributed by atoms with Crippen LogP contribution < -0.4 is 5.73 Å². The fourth-order valence-electron chi connectivity index (χ4n) is 1.45. The molecule has 0 spiro atoms. The Bertz CT molecular complexity index is 227. The van der Waals surface area contributed by atoms with Gasteiger partial charge in [-0.3, -0.25) is 4.79 Å². The SMILES string of the molecule is CC(C)(C(N)=O)[S+]([O-])CC[C@@H]1CCOC1. The lowest BCUT2D eigenvalue weighted by Gasteiger charge is -2.26. The second kappa shape index (κ2) is 5.18. The molecule has 1 fully saturated rings. The van der Waals surface area contributed by atoms with E-state index in [1.54, 1.807) is 13.8 Å². The van der Waals surface area contributed by atoms with E-state index in [9.17, 15) is 9.35 Å². The van der Waals surface area contributed by atoms with E-state index in [0.29, 0.717) is 11.7 Å². The molecular weight excluding hydrogens is 214 g/mol. The van der Waals surface area contributed by atoms with Crippen LogP contribution in [0.1, 0.15) is 26.7 Å². The van der Waals surface area contributed by atoms with E-state index in [0.717, 1.165) is 26.1 Å². The van der Waals surface area contributed by atoms with Gasteiger partial charge in [-0.05, 0) is 43.8 Å². The minimum Gasteiger partial charge on any atom is -0.616 e. The van der Waals surface area contributed by atoms with Gasteiger partial charge in [-0.25, -0.2) is 0 Å². The molecule has 2 atom stereocenters. The first kappa shape index (κ1) is 12.8. The standard InChI is InChI=1S/C10H19NO3S/c1-10(2,9(11)12)15(13)6-4-8-3-5-14-7-8/h8H,3-7H2,1-2H3,(H2,11,12)/t8-,15?/m0/s1. The zero-order chi connectivity index (χ0) is 11.5. The number of carbonyl (C=O) groups is 1. The molecule has 1 unspecified atom stereocenters. The molecule has 0 aromatic heterocycles. The molecule has 0 saturated carbocycles. The van der Waals surface area contributed by atoms with E-state index >= 15 is 0 Å². The topological polar surface area (TPSA) is 75.4 Å². The van der Waals surface area contributed by atoms with Crippen LogP contribution in [0, 0.1) is 5.92 Å². The van der Waals surface area contributed by atoms with Gasteiger partial charge < -0.3 is 15.0 Å². The molecule has 1 saturated heterocycles. The van der Waals surface area contributed by atoms with Gasteiger partial charge in [-0.2, -0.15) is 0 Å². The Balaban J connectivity index is 2.34. The first-order valence-corrected chi connectivity index (χ1v) is 6.52. The summed E-state index contributed by atoms with van der Waals surface area (Å²) in [5.74, 6) is 0.533. The summed E-state index contributed by atoms with van der Waals surface area (Å²) in [6, 6.07) is 0. The molecule has 0 aromatic rings. The Morgan fingerprint density at radius 2 is 2.33 bits per heavy atom. The third-order valence-corrected chi connectivity index (χ3v) is 4.84. The van der Waals surface area contributed by atoms with Crippen molar-refractivity contribution >= 4 is 17.1 Å². The first-order chi connectivity index (χ1) is 6.94. The van der Waals surface area contributed by atoms with Gasteiger partial charge in [0.2, 0.25) is 0 Å². The maximum atomic E-state index is 11.8. The smallest absolute Gasteiger partial charge is 0.273 e. The Kier molecular flexibility index (Phi) is 4.43. The van der Waals surface area contributed by atoms with Crippen molar-refractivity contribution in [2.24, 2.45) is 11.7 Å². The van der Waals surface area contributed by atoms with Crippen LogP contribution in [0.3, 0.4) is 0 Å². The monoisotopic (exact) mass is 233 g/mol. The van der Waals surface area contributed by atoms with Gasteiger partial charge in [0.25, 0.3) is 5.91 Å². The van der Waals surface area contributed by atoms with Crippen molar-refractivity contribution in [1.82, 2.24) is 0 Å². The maximum absolute atomic E-state index is 11.8.